The topological polar surface area (TPSA) is 79.4 Å². The number of nitrogens with zero attached hydrogens (tertiary/aromatic N) is 3. The van der Waals surface area contributed by atoms with Gasteiger partial charge in [0.1, 0.15) is 11.6 Å². The summed E-state index contributed by atoms with van der Waals surface area (Å²) >= 11 is 0. The summed E-state index contributed by atoms with van der Waals surface area (Å²) in [6, 6.07) is 7.41. The monoisotopic (exact) mass is 341 g/mol. The van der Waals surface area contributed by atoms with Crippen LogP contribution >= 0.6 is 0 Å². The summed E-state index contributed by atoms with van der Waals surface area (Å²) in [5.41, 5.74) is 1.86. The van der Waals surface area contributed by atoms with Gasteiger partial charge in [0, 0.05) is 32.0 Å². The number of morpholine rings is 1. The Kier molecular flexibility index (Phi) is 5.45. The Bertz CT molecular complexity index is 720. The van der Waals surface area contributed by atoms with Gasteiger partial charge in [-0.15, -0.1) is 0 Å². The number of nitrogens with one attached hydrogen (secondary N) is 2. The molecule has 0 saturated carbocycles. The van der Waals surface area contributed by atoms with E-state index in [-0.39, 0.29) is 12.1 Å². The first kappa shape index (κ1) is 17.2. The summed E-state index contributed by atoms with van der Waals surface area (Å²) in [4.78, 5) is 22.8. The Morgan fingerprint density at radius 3 is 2.96 bits per heavy atom. The van der Waals surface area contributed by atoms with E-state index < -0.39 is 0 Å². The van der Waals surface area contributed by atoms with Crippen molar-refractivity contribution >= 4 is 17.7 Å². The van der Waals surface area contributed by atoms with Gasteiger partial charge in [0.25, 0.3) is 0 Å². The predicted molar refractivity (Wildman–Crippen MR) is 96.7 cm³/mol. The summed E-state index contributed by atoms with van der Waals surface area (Å²) in [6.45, 7) is 6.78. The van der Waals surface area contributed by atoms with Crippen LogP contribution < -0.4 is 15.5 Å². The van der Waals surface area contributed by atoms with Crippen LogP contribution in [0.15, 0.2) is 36.7 Å². The molecular formula is C18H23N5O2. The van der Waals surface area contributed by atoms with E-state index in [2.05, 4.69) is 32.4 Å². The second-order valence-electron chi connectivity index (χ2n) is 6.13. The largest absolute Gasteiger partial charge is 0.375 e. The summed E-state index contributed by atoms with van der Waals surface area (Å²) in [5, 5.41) is 5.56. The van der Waals surface area contributed by atoms with Gasteiger partial charge in [-0.3, -0.25) is 5.32 Å². The fourth-order valence-corrected chi connectivity index (χ4v) is 2.69. The molecule has 0 aliphatic carbocycles. The smallest absolute Gasteiger partial charge is 0.320 e. The molecule has 0 aromatic carbocycles. The summed E-state index contributed by atoms with van der Waals surface area (Å²) in [5.74, 6) is 1.50. The first-order valence-corrected chi connectivity index (χ1v) is 8.40. The first-order valence-electron chi connectivity index (χ1n) is 8.40. The van der Waals surface area contributed by atoms with Gasteiger partial charge in [0.2, 0.25) is 0 Å². The number of carbonyl (C=O) groups excluding carboxylic acids is 1. The Balaban J connectivity index is 1.51. The molecule has 0 spiro atoms. The van der Waals surface area contributed by atoms with E-state index in [9.17, 15) is 4.79 Å². The second kappa shape index (κ2) is 7.94. The van der Waals surface area contributed by atoms with E-state index in [0.29, 0.717) is 12.4 Å². The molecule has 0 radical (unpaired) electrons. The van der Waals surface area contributed by atoms with Gasteiger partial charge in [0.15, 0.2) is 0 Å². The van der Waals surface area contributed by atoms with Crippen LogP contribution in [-0.4, -0.2) is 41.8 Å². The molecular weight excluding hydrogens is 318 g/mol. The maximum absolute atomic E-state index is 12.0. The molecule has 3 rings (SSSR count). The molecule has 2 aromatic rings. The van der Waals surface area contributed by atoms with Crippen molar-refractivity contribution in [3.05, 3.63) is 47.8 Å². The zero-order valence-electron chi connectivity index (χ0n) is 14.5. The molecule has 7 heteroatoms. The minimum atomic E-state index is -0.284. The minimum Gasteiger partial charge on any atom is -0.375 e. The van der Waals surface area contributed by atoms with E-state index in [4.69, 9.17) is 4.74 Å². The fraction of sp³-hybridized carbons (Fsp3) is 0.389. The zero-order valence-corrected chi connectivity index (χ0v) is 14.5. The lowest BCUT2D eigenvalue weighted by Crippen LogP contribution is -2.41. The van der Waals surface area contributed by atoms with Crippen molar-refractivity contribution in [2.45, 2.75) is 26.5 Å². The highest BCUT2D eigenvalue weighted by molar-refractivity contribution is 5.88. The third-order valence-electron chi connectivity index (χ3n) is 4.07. The quantitative estimate of drug-likeness (QED) is 0.892. The van der Waals surface area contributed by atoms with E-state index in [1.807, 2.05) is 31.2 Å². The number of amides is 2. The number of rotatable bonds is 4. The van der Waals surface area contributed by atoms with Crippen molar-refractivity contribution in [3.8, 4) is 0 Å². The summed E-state index contributed by atoms with van der Waals surface area (Å²) in [6.07, 6.45) is 3.66. The average Bonchev–Trinajstić information content (AvgIpc) is 2.62. The Labute approximate surface area is 147 Å². The van der Waals surface area contributed by atoms with Crippen molar-refractivity contribution in [3.63, 3.8) is 0 Å². The molecule has 1 atom stereocenters. The van der Waals surface area contributed by atoms with Crippen LogP contribution in [-0.2, 0) is 11.3 Å². The first-order chi connectivity index (χ1) is 12.1. The van der Waals surface area contributed by atoms with E-state index in [1.165, 1.54) is 0 Å². The number of ether oxygens (including phenoxy) is 1. The number of aromatic nitrogens is 2. The maximum Gasteiger partial charge on any atom is 0.320 e. The van der Waals surface area contributed by atoms with Gasteiger partial charge in [0.05, 0.1) is 12.7 Å². The molecule has 1 saturated heterocycles. The standard InChI is InChI=1S/C18H23N5O2/c1-13-4-3-7-19-17(13)22-18(24)21-11-15-5-6-16(20-10-15)23-8-9-25-14(2)12-23/h3-7,10,14H,8-9,11-12H2,1-2H3,(H2,19,21,22,24)/t14-/m1/s1. The number of carbonyl (C=O) groups is 1. The number of anilines is 2. The zero-order chi connectivity index (χ0) is 17.6. The van der Waals surface area contributed by atoms with Crippen LogP contribution in [0.2, 0.25) is 0 Å². The predicted octanol–water partition coefficient (Wildman–Crippen LogP) is 2.33. The Morgan fingerprint density at radius 1 is 1.36 bits per heavy atom. The number of urea groups is 1. The number of hydrogen-bond acceptors (Lipinski definition) is 5. The minimum absolute atomic E-state index is 0.218. The molecule has 3 heterocycles. The molecule has 1 aliphatic rings. The Morgan fingerprint density at radius 2 is 2.24 bits per heavy atom. The van der Waals surface area contributed by atoms with Crippen LogP contribution in [0.4, 0.5) is 16.4 Å². The second-order valence-corrected chi connectivity index (χ2v) is 6.13. The van der Waals surface area contributed by atoms with Gasteiger partial charge >= 0.3 is 6.03 Å². The van der Waals surface area contributed by atoms with Crippen molar-refractivity contribution in [2.24, 2.45) is 0 Å². The molecule has 25 heavy (non-hydrogen) atoms. The third-order valence-corrected chi connectivity index (χ3v) is 4.07. The average molecular weight is 341 g/mol. The lowest BCUT2D eigenvalue weighted by molar-refractivity contribution is 0.0529. The molecule has 0 bridgehead atoms. The Hall–Kier alpha value is -2.67. The summed E-state index contributed by atoms with van der Waals surface area (Å²) in [7, 11) is 0. The van der Waals surface area contributed by atoms with E-state index in [1.54, 1.807) is 12.4 Å². The normalized spacial score (nSPS) is 17.2. The molecule has 132 valence electrons. The molecule has 1 aliphatic heterocycles. The molecule has 2 N–H and O–H groups in total. The van der Waals surface area contributed by atoms with Gasteiger partial charge in [-0.1, -0.05) is 12.1 Å². The highest BCUT2D eigenvalue weighted by Gasteiger charge is 2.17. The molecule has 0 unspecified atom stereocenters. The van der Waals surface area contributed by atoms with E-state index in [0.717, 1.165) is 36.6 Å². The fourth-order valence-electron chi connectivity index (χ4n) is 2.69. The van der Waals surface area contributed by atoms with Crippen LogP contribution in [0.3, 0.4) is 0 Å². The van der Waals surface area contributed by atoms with Crippen molar-refractivity contribution in [1.82, 2.24) is 15.3 Å². The third kappa shape index (κ3) is 4.67. The van der Waals surface area contributed by atoms with Crippen LogP contribution in [0.5, 0.6) is 0 Å². The van der Waals surface area contributed by atoms with Crippen LogP contribution in [0.25, 0.3) is 0 Å². The van der Waals surface area contributed by atoms with Gasteiger partial charge < -0.3 is 15.0 Å². The van der Waals surface area contributed by atoms with Crippen molar-refractivity contribution < 1.29 is 9.53 Å². The van der Waals surface area contributed by atoms with Crippen LogP contribution in [0.1, 0.15) is 18.1 Å². The maximum atomic E-state index is 12.0. The van der Waals surface area contributed by atoms with Gasteiger partial charge in [-0.2, -0.15) is 0 Å². The molecule has 2 aromatic heterocycles. The molecule has 2 amide bonds. The number of hydrogen-bond donors (Lipinski definition) is 2. The SMILES string of the molecule is Cc1cccnc1NC(=O)NCc1ccc(N2CCO[C@H](C)C2)nc1. The highest BCUT2D eigenvalue weighted by atomic mass is 16.5. The van der Waals surface area contributed by atoms with Crippen LogP contribution in [0, 0.1) is 6.92 Å². The van der Waals surface area contributed by atoms with Gasteiger partial charge in [-0.05, 0) is 37.1 Å². The lowest BCUT2D eigenvalue weighted by Gasteiger charge is -2.32. The van der Waals surface area contributed by atoms with E-state index >= 15 is 0 Å². The number of aryl methyl sites for hydroxylation is 1. The number of pyridine rings is 2. The van der Waals surface area contributed by atoms with Gasteiger partial charge in [-0.25, -0.2) is 14.8 Å². The lowest BCUT2D eigenvalue weighted by atomic mass is 10.2. The van der Waals surface area contributed by atoms with Crippen molar-refractivity contribution in [1.29, 1.82) is 0 Å². The van der Waals surface area contributed by atoms with Crippen molar-refractivity contribution in [2.75, 3.05) is 29.9 Å². The highest BCUT2D eigenvalue weighted by Crippen LogP contribution is 2.15. The molecule has 7 nitrogen and oxygen atoms in total. The molecule has 1 fully saturated rings. The summed E-state index contributed by atoms with van der Waals surface area (Å²) < 4.78 is 5.55.